The van der Waals surface area contributed by atoms with E-state index in [1.54, 1.807) is 11.3 Å². The predicted octanol–water partition coefficient (Wildman–Crippen LogP) is 3.44. The number of hydrogen-bond acceptors (Lipinski definition) is 3. The standard InChI is InChI=1S/C14H21N3S/c1-3-8-15-14(13-6-5-11-18-13)12-7-9-16-17(12)10-4-2/h5-7,9,11,14-15H,3-4,8,10H2,1-2H3. The van der Waals surface area contributed by atoms with Gasteiger partial charge in [0.25, 0.3) is 0 Å². The summed E-state index contributed by atoms with van der Waals surface area (Å²) in [6.45, 7) is 6.39. The van der Waals surface area contributed by atoms with Gasteiger partial charge in [-0.25, -0.2) is 0 Å². The van der Waals surface area contributed by atoms with Crippen molar-refractivity contribution in [3.8, 4) is 0 Å². The molecule has 1 unspecified atom stereocenters. The molecule has 0 aromatic carbocycles. The summed E-state index contributed by atoms with van der Waals surface area (Å²) >= 11 is 1.80. The molecule has 0 fully saturated rings. The van der Waals surface area contributed by atoms with Gasteiger partial charge in [0.2, 0.25) is 0 Å². The van der Waals surface area contributed by atoms with Crippen LogP contribution in [0.25, 0.3) is 0 Å². The monoisotopic (exact) mass is 263 g/mol. The van der Waals surface area contributed by atoms with Crippen molar-refractivity contribution in [3.05, 3.63) is 40.3 Å². The molecule has 0 saturated heterocycles. The topological polar surface area (TPSA) is 29.9 Å². The molecule has 2 heterocycles. The number of aryl methyl sites for hydroxylation is 1. The summed E-state index contributed by atoms with van der Waals surface area (Å²) < 4.78 is 2.12. The molecule has 2 aromatic rings. The van der Waals surface area contributed by atoms with Gasteiger partial charge in [-0.05, 0) is 36.9 Å². The number of aromatic nitrogens is 2. The molecule has 3 nitrogen and oxygen atoms in total. The molecule has 2 aromatic heterocycles. The van der Waals surface area contributed by atoms with E-state index in [-0.39, 0.29) is 6.04 Å². The van der Waals surface area contributed by atoms with Crippen LogP contribution in [-0.4, -0.2) is 16.3 Å². The number of nitrogens with zero attached hydrogens (tertiary/aromatic N) is 2. The van der Waals surface area contributed by atoms with Crippen molar-refractivity contribution in [2.45, 2.75) is 39.3 Å². The fraction of sp³-hybridized carbons (Fsp3) is 0.500. The van der Waals surface area contributed by atoms with Gasteiger partial charge in [0.1, 0.15) is 0 Å². The van der Waals surface area contributed by atoms with Crippen molar-refractivity contribution in [1.82, 2.24) is 15.1 Å². The average molecular weight is 263 g/mol. The van der Waals surface area contributed by atoms with Crippen LogP contribution in [-0.2, 0) is 6.54 Å². The molecule has 0 saturated carbocycles. The fourth-order valence-electron chi connectivity index (χ4n) is 2.08. The SMILES string of the molecule is CCCNC(c1cccs1)c1ccnn1CCC. The molecule has 0 amide bonds. The van der Waals surface area contributed by atoms with E-state index in [1.165, 1.54) is 10.6 Å². The maximum atomic E-state index is 4.43. The first-order valence-corrected chi connectivity index (χ1v) is 7.53. The number of hydrogen-bond donors (Lipinski definition) is 1. The van der Waals surface area contributed by atoms with E-state index in [2.05, 4.69) is 52.5 Å². The van der Waals surface area contributed by atoms with Crippen LogP contribution in [0.1, 0.15) is 43.3 Å². The maximum absolute atomic E-state index is 4.43. The number of nitrogens with one attached hydrogen (secondary N) is 1. The van der Waals surface area contributed by atoms with Crippen LogP contribution in [0.3, 0.4) is 0 Å². The Morgan fingerprint density at radius 1 is 1.33 bits per heavy atom. The number of rotatable bonds is 7. The van der Waals surface area contributed by atoms with Gasteiger partial charge < -0.3 is 5.32 Å². The molecular weight excluding hydrogens is 242 g/mol. The molecule has 0 aliphatic heterocycles. The Kier molecular flexibility index (Phi) is 4.96. The van der Waals surface area contributed by atoms with Crippen LogP contribution in [0.5, 0.6) is 0 Å². The summed E-state index contributed by atoms with van der Waals surface area (Å²) in [5, 5.41) is 10.2. The smallest absolute Gasteiger partial charge is 0.0841 e. The Morgan fingerprint density at radius 2 is 2.22 bits per heavy atom. The Bertz CT molecular complexity index is 447. The summed E-state index contributed by atoms with van der Waals surface area (Å²) in [5.74, 6) is 0. The zero-order chi connectivity index (χ0) is 12.8. The van der Waals surface area contributed by atoms with Gasteiger partial charge in [-0.15, -0.1) is 11.3 Å². The van der Waals surface area contributed by atoms with Gasteiger partial charge in [0.05, 0.1) is 11.7 Å². The molecule has 98 valence electrons. The van der Waals surface area contributed by atoms with Gasteiger partial charge in [0.15, 0.2) is 0 Å². The maximum Gasteiger partial charge on any atom is 0.0841 e. The van der Waals surface area contributed by atoms with Gasteiger partial charge in [0, 0.05) is 17.6 Å². The molecule has 1 atom stereocenters. The van der Waals surface area contributed by atoms with Crippen LogP contribution in [0.4, 0.5) is 0 Å². The zero-order valence-electron chi connectivity index (χ0n) is 11.1. The van der Waals surface area contributed by atoms with E-state index in [4.69, 9.17) is 0 Å². The second-order valence-corrected chi connectivity index (χ2v) is 5.36. The highest BCUT2D eigenvalue weighted by Crippen LogP contribution is 2.26. The van der Waals surface area contributed by atoms with E-state index < -0.39 is 0 Å². The minimum Gasteiger partial charge on any atom is -0.304 e. The largest absolute Gasteiger partial charge is 0.304 e. The van der Waals surface area contributed by atoms with Crippen molar-refractivity contribution < 1.29 is 0 Å². The Morgan fingerprint density at radius 3 is 2.89 bits per heavy atom. The summed E-state index contributed by atoms with van der Waals surface area (Å²) in [6, 6.07) is 6.71. The Balaban J connectivity index is 2.24. The summed E-state index contributed by atoms with van der Waals surface area (Å²) in [5.41, 5.74) is 1.27. The van der Waals surface area contributed by atoms with E-state index in [0.29, 0.717) is 0 Å². The van der Waals surface area contributed by atoms with Crippen LogP contribution in [0.2, 0.25) is 0 Å². The highest BCUT2D eigenvalue weighted by Gasteiger charge is 2.18. The molecule has 0 bridgehead atoms. The fourth-order valence-corrected chi connectivity index (χ4v) is 2.89. The Labute approximate surface area is 113 Å². The second-order valence-electron chi connectivity index (χ2n) is 4.38. The van der Waals surface area contributed by atoms with E-state index >= 15 is 0 Å². The first-order valence-electron chi connectivity index (χ1n) is 6.65. The van der Waals surface area contributed by atoms with Crippen molar-refractivity contribution in [1.29, 1.82) is 0 Å². The molecule has 0 aliphatic carbocycles. The first-order chi connectivity index (χ1) is 8.86. The van der Waals surface area contributed by atoms with Crippen molar-refractivity contribution in [3.63, 3.8) is 0 Å². The molecule has 0 spiro atoms. The van der Waals surface area contributed by atoms with Crippen LogP contribution in [0.15, 0.2) is 29.8 Å². The highest BCUT2D eigenvalue weighted by molar-refractivity contribution is 7.10. The van der Waals surface area contributed by atoms with Crippen molar-refractivity contribution in [2.24, 2.45) is 0 Å². The molecule has 1 N–H and O–H groups in total. The lowest BCUT2D eigenvalue weighted by Gasteiger charge is -2.18. The van der Waals surface area contributed by atoms with Crippen molar-refractivity contribution >= 4 is 11.3 Å². The minimum atomic E-state index is 0.277. The lowest BCUT2D eigenvalue weighted by atomic mass is 10.1. The first kappa shape index (κ1) is 13.3. The summed E-state index contributed by atoms with van der Waals surface area (Å²) in [7, 11) is 0. The predicted molar refractivity (Wildman–Crippen MR) is 77.0 cm³/mol. The molecule has 0 aliphatic rings. The van der Waals surface area contributed by atoms with E-state index in [9.17, 15) is 0 Å². The molecule has 18 heavy (non-hydrogen) atoms. The van der Waals surface area contributed by atoms with E-state index in [0.717, 1.165) is 25.9 Å². The van der Waals surface area contributed by atoms with Crippen LogP contribution in [0, 0.1) is 0 Å². The van der Waals surface area contributed by atoms with E-state index in [1.807, 2.05) is 6.20 Å². The van der Waals surface area contributed by atoms with Crippen LogP contribution < -0.4 is 5.32 Å². The van der Waals surface area contributed by atoms with Gasteiger partial charge >= 0.3 is 0 Å². The molecule has 2 rings (SSSR count). The normalized spacial score (nSPS) is 12.8. The third-order valence-electron chi connectivity index (χ3n) is 2.91. The van der Waals surface area contributed by atoms with Gasteiger partial charge in [-0.1, -0.05) is 19.9 Å². The number of thiophene rings is 1. The highest BCUT2D eigenvalue weighted by atomic mass is 32.1. The lowest BCUT2D eigenvalue weighted by Crippen LogP contribution is -2.25. The van der Waals surface area contributed by atoms with Crippen molar-refractivity contribution in [2.75, 3.05) is 6.54 Å². The third kappa shape index (κ3) is 3.00. The molecule has 4 heteroatoms. The minimum absolute atomic E-state index is 0.277. The third-order valence-corrected chi connectivity index (χ3v) is 3.84. The zero-order valence-corrected chi connectivity index (χ0v) is 11.9. The van der Waals surface area contributed by atoms with Gasteiger partial charge in [-0.3, -0.25) is 4.68 Å². The summed E-state index contributed by atoms with van der Waals surface area (Å²) in [4.78, 5) is 1.36. The Hall–Kier alpha value is -1.13. The van der Waals surface area contributed by atoms with Gasteiger partial charge in [-0.2, -0.15) is 5.10 Å². The summed E-state index contributed by atoms with van der Waals surface area (Å²) in [6.07, 6.45) is 4.16. The molecule has 0 radical (unpaired) electrons. The average Bonchev–Trinajstić information content (AvgIpc) is 3.02. The quantitative estimate of drug-likeness (QED) is 0.829. The van der Waals surface area contributed by atoms with Crippen LogP contribution >= 0.6 is 11.3 Å². The lowest BCUT2D eigenvalue weighted by molar-refractivity contribution is 0.515. The molecular formula is C14H21N3S. The second kappa shape index (κ2) is 6.71.